The second-order valence-corrected chi connectivity index (χ2v) is 7.21. The molecule has 2 aliphatic heterocycles. The maximum Gasteiger partial charge on any atom is 0.245 e. The maximum atomic E-state index is 12.5. The first kappa shape index (κ1) is 14.5. The standard InChI is InChI=1S/C15H21N3O2S/c1-9-10(2)21-14(16-9)11-4-3-7-18(8-11)15(20)12-5-6-13(19)17-12/h11-12H,3-8H2,1-2H3,(H,17,19)/t11-,12-/m0/s1. The van der Waals surface area contributed by atoms with Crippen LogP contribution in [0.15, 0.2) is 0 Å². The molecule has 1 N–H and O–H groups in total. The summed E-state index contributed by atoms with van der Waals surface area (Å²) in [6.45, 7) is 5.66. The summed E-state index contributed by atoms with van der Waals surface area (Å²) in [4.78, 5) is 31.6. The summed E-state index contributed by atoms with van der Waals surface area (Å²) in [5.74, 6) is 0.417. The van der Waals surface area contributed by atoms with Crippen LogP contribution in [0.1, 0.15) is 47.2 Å². The minimum Gasteiger partial charge on any atom is -0.344 e. The summed E-state index contributed by atoms with van der Waals surface area (Å²) in [5.41, 5.74) is 1.10. The van der Waals surface area contributed by atoms with Gasteiger partial charge in [-0.15, -0.1) is 11.3 Å². The van der Waals surface area contributed by atoms with Gasteiger partial charge in [-0.25, -0.2) is 4.98 Å². The van der Waals surface area contributed by atoms with Crippen molar-refractivity contribution in [3.05, 3.63) is 15.6 Å². The van der Waals surface area contributed by atoms with Crippen LogP contribution >= 0.6 is 11.3 Å². The van der Waals surface area contributed by atoms with Crippen molar-refractivity contribution in [1.82, 2.24) is 15.2 Å². The zero-order valence-electron chi connectivity index (χ0n) is 12.5. The molecule has 114 valence electrons. The van der Waals surface area contributed by atoms with Crippen molar-refractivity contribution in [2.45, 2.75) is 51.5 Å². The Morgan fingerprint density at radius 1 is 1.38 bits per heavy atom. The number of carbonyl (C=O) groups excluding carboxylic acids is 2. The van der Waals surface area contributed by atoms with E-state index in [1.165, 1.54) is 4.88 Å². The van der Waals surface area contributed by atoms with Crippen molar-refractivity contribution in [3.63, 3.8) is 0 Å². The first-order valence-corrected chi connectivity index (χ1v) is 8.38. The summed E-state index contributed by atoms with van der Waals surface area (Å²) < 4.78 is 0. The minimum atomic E-state index is -0.309. The molecule has 2 atom stereocenters. The number of likely N-dealkylation sites (tertiary alicyclic amines) is 1. The Labute approximate surface area is 128 Å². The van der Waals surface area contributed by atoms with E-state index in [4.69, 9.17) is 0 Å². The van der Waals surface area contributed by atoms with Crippen LogP contribution < -0.4 is 5.32 Å². The summed E-state index contributed by atoms with van der Waals surface area (Å²) >= 11 is 1.75. The lowest BCUT2D eigenvalue weighted by Crippen LogP contribution is -2.48. The Hall–Kier alpha value is -1.43. The van der Waals surface area contributed by atoms with Crippen molar-refractivity contribution in [1.29, 1.82) is 0 Å². The van der Waals surface area contributed by atoms with E-state index in [1.54, 1.807) is 11.3 Å². The van der Waals surface area contributed by atoms with Gasteiger partial charge in [0.15, 0.2) is 0 Å². The highest BCUT2D eigenvalue weighted by Crippen LogP contribution is 2.31. The number of piperidine rings is 1. The van der Waals surface area contributed by atoms with Crippen LogP contribution in [-0.2, 0) is 9.59 Å². The van der Waals surface area contributed by atoms with Gasteiger partial charge in [0.25, 0.3) is 0 Å². The monoisotopic (exact) mass is 307 g/mol. The fraction of sp³-hybridized carbons (Fsp3) is 0.667. The quantitative estimate of drug-likeness (QED) is 0.905. The molecular formula is C15H21N3O2S. The molecule has 2 amide bonds. The minimum absolute atomic E-state index is 0.00641. The Morgan fingerprint density at radius 3 is 2.81 bits per heavy atom. The van der Waals surface area contributed by atoms with Gasteiger partial charge in [0.05, 0.1) is 10.7 Å². The lowest BCUT2D eigenvalue weighted by molar-refractivity contribution is -0.135. The fourth-order valence-corrected chi connectivity index (χ4v) is 4.12. The number of thiazole rings is 1. The van der Waals surface area contributed by atoms with Crippen molar-refractivity contribution < 1.29 is 9.59 Å². The highest BCUT2D eigenvalue weighted by Gasteiger charge is 2.34. The molecule has 0 spiro atoms. The van der Waals surface area contributed by atoms with Gasteiger partial charge < -0.3 is 10.2 Å². The molecule has 2 aliphatic rings. The molecule has 2 saturated heterocycles. The number of nitrogens with one attached hydrogen (secondary N) is 1. The van der Waals surface area contributed by atoms with Crippen LogP contribution in [0.3, 0.4) is 0 Å². The number of hydrogen-bond acceptors (Lipinski definition) is 4. The van der Waals surface area contributed by atoms with Crippen LogP contribution in [0.25, 0.3) is 0 Å². The average molecular weight is 307 g/mol. The predicted molar refractivity (Wildman–Crippen MR) is 81.3 cm³/mol. The van der Waals surface area contributed by atoms with Gasteiger partial charge in [0.2, 0.25) is 11.8 Å². The summed E-state index contributed by atoms with van der Waals surface area (Å²) in [7, 11) is 0. The molecule has 6 heteroatoms. The number of rotatable bonds is 2. The van der Waals surface area contributed by atoms with Gasteiger partial charge >= 0.3 is 0 Å². The molecule has 21 heavy (non-hydrogen) atoms. The second kappa shape index (κ2) is 5.75. The van der Waals surface area contributed by atoms with E-state index >= 15 is 0 Å². The van der Waals surface area contributed by atoms with E-state index < -0.39 is 0 Å². The number of aryl methyl sites for hydroxylation is 2. The van der Waals surface area contributed by atoms with Gasteiger partial charge in [-0.3, -0.25) is 9.59 Å². The van der Waals surface area contributed by atoms with Crippen molar-refractivity contribution in [2.24, 2.45) is 0 Å². The Balaban J connectivity index is 1.68. The SMILES string of the molecule is Cc1nc([C@H]2CCCN(C(=O)[C@@H]3CCC(=O)N3)C2)sc1C. The van der Waals surface area contributed by atoms with E-state index in [1.807, 2.05) is 11.8 Å². The third-order valence-corrected chi connectivity index (χ3v) is 5.66. The smallest absolute Gasteiger partial charge is 0.245 e. The number of amides is 2. The third kappa shape index (κ3) is 2.95. The molecule has 3 rings (SSSR count). The highest BCUT2D eigenvalue weighted by atomic mass is 32.1. The van der Waals surface area contributed by atoms with Crippen LogP contribution in [0.5, 0.6) is 0 Å². The average Bonchev–Trinajstić information content (AvgIpc) is 3.05. The largest absolute Gasteiger partial charge is 0.344 e. The molecule has 0 aliphatic carbocycles. The van der Waals surface area contributed by atoms with Gasteiger partial charge in [-0.1, -0.05) is 0 Å². The van der Waals surface area contributed by atoms with E-state index in [0.29, 0.717) is 18.8 Å². The predicted octanol–water partition coefficient (Wildman–Crippen LogP) is 1.74. The van der Waals surface area contributed by atoms with Gasteiger partial charge in [0.1, 0.15) is 6.04 Å². The number of nitrogens with zero attached hydrogens (tertiary/aromatic N) is 2. The van der Waals surface area contributed by atoms with E-state index in [-0.39, 0.29) is 17.9 Å². The maximum absolute atomic E-state index is 12.5. The Bertz CT molecular complexity index is 550. The molecular weight excluding hydrogens is 286 g/mol. The van der Waals surface area contributed by atoms with Crippen molar-refractivity contribution in [3.8, 4) is 0 Å². The van der Waals surface area contributed by atoms with Gasteiger partial charge in [-0.05, 0) is 33.1 Å². The number of hydrogen-bond donors (Lipinski definition) is 1. The first-order valence-electron chi connectivity index (χ1n) is 7.56. The molecule has 0 aromatic carbocycles. The van der Waals surface area contributed by atoms with Crippen LogP contribution in [0.2, 0.25) is 0 Å². The lowest BCUT2D eigenvalue weighted by atomic mass is 9.98. The molecule has 0 bridgehead atoms. The zero-order valence-corrected chi connectivity index (χ0v) is 13.3. The van der Waals surface area contributed by atoms with Crippen LogP contribution in [-0.4, -0.2) is 40.8 Å². The van der Waals surface area contributed by atoms with E-state index in [2.05, 4.69) is 17.2 Å². The molecule has 1 aromatic rings. The zero-order chi connectivity index (χ0) is 15.0. The fourth-order valence-electron chi connectivity index (χ4n) is 3.07. The highest BCUT2D eigenvalue weighted by molar-refractivity contribution is 7.11. The van der Waals surface area contributed by atoms with Gasteiger partial charge in [0, 0.05) is 30.3 Å². The summed E-state index contributed by atoms with van der Waals surface area (Å²) in [5, 5.41) is 3.93. The molecule has 0 saturated carbocycles. The molecule has 3 heterocycles. The Morgan fingerprint density at radius 2 is 2.19 bits per heavy atom. The molecule has 5 nitrogen and oxygen atoms in total. The molecule has 0 unspecified atom stereocenters. The van der Waals surface area contributed by atoms with Crippen LogP contribution in [0, 0.1) is 13.8 Å². The van der Waals surface area contributed by atoms with Crippen molar-refractivity contribution >= 4 is 23.2 Å². The van der Waals surface area contributed by atoms with E-state index in [0.717, 1.165) is 36.6 Å². The lowest BCUT2D eigenvalue weighted by Gasteiger charge is -2.33. The normalized spacial score (nSPS) is 26.0. The molecule has 1 aromatic heterocycles. The van der Waals surface area contributed by atoms with Crippen molar-refractivity contribution in [2.75, 3.05) is 13.1 Å². The Kier molecular flexibility index (Phi) is 3.97. The summed E-state index contributed by atoms with van der Waals surface area (Å²) in [6.07, 6.45) is 3.20. The van der Waals surface area contributed by atoms with Gasteiger partial charge in [-0.2, -0.15) is 0 Å². The first-order chi connectivity index (χ1) is 10.0. The number of aromatic nitrogens is 1. The molecule has 0 radical (unpaired) electrons. The van der Waals surface area contributed by atoms with Crippen LogP contribution in [0.4, 0.5) is 0 Å². The number of carbonyl (C=O) groups is 2. The summed E-state index contributed by atoms with van der Waals surface area (Å²) in [6, 6.07) is -0.309. The van der Waals surface area contributed by atoms with E-state index in [9.17, 15) is 9.59 Å². The third-order valence-electron chi connectivity index (χ3n) is 4.42. The topological polar surface area (TPSA) is 62.3 Å². The molecule has 2 fully saturated rings. The second-order valence-electron chi connectivity index (χ2n) is 5.98.